The summed E-state index contributed by atoms with van der Waals surface area (Å²) in [6.45, 7) is 0. The molecule has 0 spiro atoms. The molecule has 5 heteroatoms. The van der Waals surface area contributed by atoms with E-state index >= 15 is 4.57 Å². The van der Waals surface area contributed by atoms with Gasteiger partial charge in [-0.25, -0.2) is 9.97 Å². The van der Waals surface area contributed by atoms with Gasteiger partial charge in [-0.2, -0.15) is 0 Å². The summed E-state index contributed by atoms with van der Waals surface area (Å²) >= 11 is 0. The van der Waals surface area contributed by atoms with Crippen molar-refractivity contribution < 1.29 is 4.57 Å². The van der Waals surface area contributed by atoms with Gasteiger partial charge in [0.15, 0.2) is 7.14 Å². The van der Waals surface area contributed by atoms with E-state index in [2.05, 4.69) is 46.9 Å². The first kappa shape index (κ1) is 21.2. The average molecular weight is 518 g/mol. The Kier molecular flexibility index (Phi) is 4.02. The largest absolute Gasteiger partial charge is 0.309 e. The molecule has 0 N–H and O–H groups in total. The molecule has 9 rings (SSSR count). The SMILES string of the molecule is O=P1(c2ccc3c4nc5ccccc5cc4c4nc5ccccc5n4c3c2)c2ccccc2-c2ccccc21. The maximum absolute atomic E-state index is 15.2. The molecule has 1 aliphatic heterocycles. The minimum Gasteiger partial charge on any atom is -0.309 e. The van der Waals surface area contributed by atoms with E-state index in [0.29, 0.717) is 0 Å². The molecule has 0 unspecified atom stereocenters. The lowest BCUT2D eigenvalue weighted by Gasteiger charge is -2.17. The molecule has 0 amide bonds. The zero-order valence-corrected chi connectivity index (χ0v) is 21.6. The zero-order valence-electron chi connectivity index (χ0n) is 20.7. The molecule has 0 aliphatic carbocycles. The van der Waals surface area contributed by atoms with E-state index in [0.717, 1.165) is 76.4 Å². The van der Waals surface area contributed by atoms with Crippen molar-refractivity contribution in [3.05, 3.63) is 121 Å². The van der Waals surface area contributed by atoms with Crippen molar-refractivity contribution in [3.63, 3.8) is 0 Å². The third-order valence-electron chi connectivity index (χ3n) is 8.14. The number of nitrogens with zero attached hydrogens (tertiary/aromatic N) is 3. The third-order valence-corrected chi connectivity index (χ3v) is 11.3. The van der Waals surface area contributed by atoms with Crippen molar-refractivity contribution in [3.8, 4) is 11.1 Å². The molecule has 3 aromatic heterocycles. The number of benzene rings is 5. The van der Waals surface area contributed by atoms with Crippen molar-refractivity contribution in [2.24, 2.45) is 0 Å². The Bertz CT molecular complexity index is 2340. The second kappa shape index (κ2) is 7.41. The summed E-state index contributed by atoms with van der Waals surface area (Å²) in [5.74, 6) is 0. The highest BCUT2D eigenvalue weighted by atomic mass is 31.2. The molecule has 0 saturated carbocycles. The Morgan fingerprint density at radius 3 is 2.03 bits per heavy atom. The first-order valence-corrected chi connectivity index (χ1v) is 14.8. The number of para-hydroxylation sites is 3. The molecular weight excluding hydrogens is 497 g/mol. The first-order chi connectivity index (χ1) is 19.2. The molecule has 1 aliphatic rings. The second-order valence-electron chi connectivity index (χ2n) is 10.2. The summed E-state index contributed by atoms with van der Waals surface area (Å²) < 4.78 is 17.5. The summed E-state index contributed by atoms with van der Waals surface area (Å²) in [4.78, 5) is 10.2. The molecular formula is C34H20N3OP. The molecule has 5 aromatic carbocycles. The van der Waals surface area contributed by atoms with Crippen molar-refractivity contribution >= 4 is 72.4 Å². The number of hydrogen-bond donors (Lipinski definition) is 0. The topological polar surface area (TPSA) is 47.3 Å². The number of fused-ring (bicyclic) bond motifs is 12. The Balaban J connectivity index is 1.46. The van der Waals surface area contributed by atoms with Crippen LogP contribution in [0.15, 0.2) is 121 Å². The minimum atomic E-state index is -3.08. The molecule has 0 atom stereocenters. The molecule has 4 nitrogen and oxygen atoms in total. The second-order valence-corrected chi connectivity index (χ2v) is 12.9. The van der Waals surface area contributed by atoms with Crippen LogP contribution in [0, 0.1) is 0 Å². The Morgan fingerprint density at radius 2 is 1.23 bits per heavy atom. The molecule has 8 aromatic rings. The Hall–Kier alpha value is -4.79. The number of rotatable bonds is 1. The van der Waals surface area contributed by atoms with E-state index in [1.54, 1.807) is 0 Å². The van der Waals surface area contributed by atoms with Crippen LogP contribution in [-0.2, 0) is 4.57 Å². The lowest BCUT2D eigenvalue weighted by molar-refractivity contribution is 0.593. The lowest BCUT2D eigenvalue weighted by atomic mass is 10.1. The van der Waals surface area contributed by atoms with Gasteiger partial charge >= 0.3 is 0 Å². The summed E-state index contributed by atoms with van der Waals surface area (Å²) in [5, 5.41) is 5.74. The summed E-state index contributed by atoms with van der Waals surface area (Å²) in [5.41, 5.74) is 7.74. The molecule has 0 fully saturated rings. The van der Waals surface area contributed by atoms with Gasteiger partial charge in [-0.15, -0.1) is 0 Å². The third kappa shape index (κ3) is 2.66. The van der Waals surface area contributed by atoms with Crippen molar-refractivity contribution in [1.82, 2.24) is 14.4 Å². The van der Waals surface area contributed by atoms with Crippen LogP contribution in [-0.4, -0.2) is 14.4 Å². The van der Waals surface area contributed by atoms with Crippen LogP contribution in [0.2, 0.25) is 0 Å². The fourth-order valence-corrected chi connectivity index (χ4v) is 9.47. The first-order valence-electron chi connectivity index (χ1n) is 13.0. The summed E-state index contributed by atoms with van der Waals surface area (Å²) in [6, 6.07) is 41.1. The highest BCUT2D eigenvalue weighted by Gasteiger charge is 2.40. The molecule has 4 heterocycles. The quantitative estimate of drug-likeness (QED) is 0.134. The fourth-order valence-electron chi connectivity index (χ4n) is 6.40. The minimum absolute atomic E-state index is 0.826. The van der Waals surface area contributed by atoms with E-state index in [4.69, 9.17) is 9.97 Å². The van der Waals surface area contributed by atoms with E-state index in [1.165, 1.54) is 0 Å². The van der Waals surface area contributed by atoms with E-state index in [9.17, 15) is 0 Å². The lowest BCUT2D eigenvalue weighted by Crippen LogP contribution is -2.21. The van der Waals surface area contributed by atoms with Gasteiger partial charge in [0.2, 0.25) is 0 Å². The molecule has 39 heavy (non-hydrogen) atoms. The highest BCUT2D eigenvalue weighted by molar-refractivity contribution is 7.86. The van der Waals surface area contributed by atoms with Gasteiger partial charge in [-0.1, -0.05) is 84.9 Å². The Labute approximate surface area is 223 Å². The summed E-state index contributed by atoms with van der Waals surface area (Å²) in [6.07, 6.45) is 0. The molecule has 0 bridgehead atoms. The van der Waals surface area contributed by atoms with Crippen molar-refractivity contribution in [1.29, 1.82) is 0 Å². The smallest absolute Gasteiger partial charge is 0.172 e. The molecule has 182 valence electrons. The van der Waals surface area contributed by atoms with Gasteiger partial charge < -0.3 is 4.57 Å². The zero-order chi connectivity index (χ0) is 25.7. The summed E-state index contributed by atoms with van der Waals surface area (Å²) in [7, 11) is -3.08. The van der Waals surface area contributed by atoms with Crippen LogP contribution >= 0.6 is 7.14 Å². The van der Waals surface area contributed by atoms with Gasteiger partial charge in [0.25, 0.3) is 0 Å². The van der Waals surface area contributed by atoms with Crippen LogP contribution in [0.25, 0.3) is 60.5 Å². The Morgan fingerprint density at radius 1 is 0.564 bits per heavy atom. The number of aromatic nitrogens is 3. The monoisotopic (exact) mass is 517 g/mol. The maximum atomic E-state index is 15.2. The number of pyridine rings is 2. The van der Waals surface area contributed by atoms with E-state index in [1.807, 2.05) is 78.9 Å². The van der Waals surface area contributed by atoms with E-state index in [-0.39, 0.29) is 0 Å². The predicted molar refractivity (Wildman–Crippen MR) is 161 cm³/mol. The van der Waals surface area contributed by atoms with Crippen LogP contribution in [0.5, 0.6) is 0 Å². The van der Waals surface area contributed by atoms with Crippen molar-refractivity contribution in [2.45, 2.75) is 0 Å². The molecule has 0 radical (unpaired) electrons. The van der Waals surface area contributed by atoms with Crippen LogP contribution in [0.1, 0.15) is 0 Å². The normalized spacial score (nSPS) is 13.9. The van der Waals surface area contributed by atoms with Gasteiger partial charge in [-0.05, 0) is 47.5 Å². The van der Waals surface area contributed by atoms with Gasteiger partial charge in [0.1, 0.15) is 5.65 Å². The fraction of sp³-hybridized carbons (Fsp3) is 0. The van der Waals surface area contributed by atoms with Gasteiger partial charge in [0, 0.05) is 32.1 Å². The van der Waals surface area contributed by atoms with Gasteiger partial charge in [0.05, 0.1) is 27.6 Å². The van der Waals surface area contributed by atoms with Gasteiger partial charge in [-0.3, -0.25) is 4.40 Å². The van der Waals surface area contributed by atoms with Crippen LogP contribution < -0.4 is 15.9 Å². The highest BCUT2D eigenvalue weighted by Crippen LogP contribution is 2.52. The van der Waals surface area contributed by atoms with Crippen LogP contribution in [0.4, 0.5) is 0 Å². The van der Waals surface area contributed by atoms with E-state index < -0.39 is 7.14 Å². The molecule has 0 saturated heterocycles. The van der Waals surface area contributed by atoms with Crippen LogP contribution in [0.3, 0.4) is 0 Å². The maximum Gasteiger partial charge on any atom is 0.172 e. The average Bonchev–Trinajstić information content (AvgIpc) is 3.51. The number of hydrogen-bond acceptors (Lipinski definition) is 3. The number of imidazole rings is 1. The standard InChI is InChI=1S/C34H20N3OP/c38-39(31-15-7-2-10-23(31)24-11-3-8-16-32(24)39)22-17-18-25-30(20-22)37-29-14-6-5-13-28(29)36-34(37)26-19-21-9-1-4-12-27(21)35-33(25)26/h1-20H. The van der Waals surface area contributed by atoms with Crippen molar-refractivity contribution in [2.75, 3.05) is 0 Å². The predicted octanol–water partition coefficient (Wildman–Crippen LogP) is 6.96.